The summed E-state index contributed by atoms with van der Waals surface area (Å²) in [6.45, 7) is 0.800. The Bertz CT molecular complexity index is 792. The van der Waals surface area contributed by atoms with Crippen LogP contribution in [0.5, 0.6) is 0 Å². The highest BCUT2D eigenvalue weighted by Crippen LogP contribution is 2.24. The van der Waals surface area contributed by atoms with Crippen LogP contribution in [-0.2, 0) is 6.54 Å². The molecule has 1 aliphatic carbocycles. The van der Waals surface area contributed by atoms with Crippen LogP contribution in [0, 0.1) is 0 Å². The van der Waals surface area contributed by atoms with Crippen molar-refractivity contribution in [3.8, 4) is 5.69 Å². The highest BCUT2D eigenvalue weighted by molar-refractivity contribution is 6.30. The lowest BCUT2D eigenvalue weighted by molar-refractivity contribution is 0.680. The molecule has 2 aromatic carbocycles. The normalized spacial score (nSPS) is 14.7. The van der Waals surface area contributed by atoms with Gasteiger partial charge in [-0.05, 0) is 48.7 Å². The van der Waals surface area contributed by atoms with Crippen molar-refractivity contribution in [3.63, 3.8) is 0 Å². The molecule has 3 aromatic rings. The molecule has 5 heteroatoms. The van der Waals surface area contributed by atoms with Crippen molar-refractivity contribution in [2.24, 2.45) is 0 Å². The number of aromatic nitrogens is 3. The molecule has 0 radical (unpaired) electrons. The first-order valence-corrected chi connectivity index (χ1v) is 7.52. The zero-order valence-corrected chi connectivity index (χ0v) is 12.2. The van der Waals surface area contributed by atoms with Crippen molar-refractivity contribution in [2.75, 3.05) is 0 Å². The standard InChI is InChI=1S/C16H15ClN4/c17-12-5-8-15(11(9-12)10-18-13-6-7-13)21-16-4-2-1-3-14(16)19-20-21/h1-5,8-9,13,18H,6-7,10H2. The van der Waals surface area contributed by atoms with Gasteiger partial charge in [0.15, 0.2) is 0 Å². The molecule has 0 saturated heterocycles. The van der Waals surface area contributed by atoms with Crippen LogP contribution in [0.25, 0.3) is 16.7 Å². The number of hydrogen-bond donors (Lipinski definition) is 1. The van der Waals surface area contributed by atoms with Gasteiger partial charge in [-0.15, -0.1) is 5.10 Å². The fourth-order valence-electron chi connectivity index (χ4n) is 2.49. The number of para-hydroxylation sites is 1. The number of benzene rings is 2. The average Bonchev–Trinajstić information content (AvgIpc) is 3.24. The molecule has 0 unspecified atom stereocenters. The Balaban J connectivity index is 1.79. The summed E-state index contributed by atoms with van der Waals surface area (Å²) < 4.78 is 1.88. The fourth-order valence-corrected chi connectivity index (χ4v) is 2.69. The van der Waals surface area contributed by atoms with Gasteiger partial charge in [-0.2, -0.15) is 0 Å². The molecule has 4 rings (SSSR count). The molecule has 1 fully saturated rings. The van der Waals surface area contributed by atoms with E-state index in [0.29, 0.717) is 6.04 Å². The summed E-state index contributed by atoms with van der Waals surface area (Å²) in [6.07, 6.45) is 2.53. The molecule has 106 valence electrons. The molecule has 21 heavy (non-hydrogen) atoms. The van der Waals surface area contributed by atoms with E-state index in [1.54, 1.807) is 0 Å². The molecule has 0 bridgehead atoms. The van der Waals surface area contributed by atoms with Crippen LogP contribution in [0.3, 0.4) is 0 Å². The molecular formula is C16H15ClN4. The first-order valence-electron chi connectivity index (χ1n) is 7.14. The van der Waals surface area contributed by atoms with Gasteiger partial charge in [-0.1, -0.05) is 28.9 Å². The van der Waals surface area contributed by atoms with Crippen molar-refractivity contribution < 1.29 is 0 Å². The summed E-state index contributed by atoms with van der Waals surface area (Å²) in [6, 6.07) is 14.5. The van der Waals surface area contributed by atoms with Crippen molar-refractivity contribution in [1.29, 1.82) is 0 Å². The molecule has 1 heterocycles. The Labute approximate surface area is 127 Å². The Hall–Kier alpha value is -1.91. The van der Waals surface area contributed by atoms with E-state index in [9.17, 15) is 0 Å². The molecular weight excluding hydrogens is 284 g/mol. The second-order valence-corrected chi connectivity index (χ2v) is 5.85. The van der Waals surface area contributed by atoms with E-state index in [1.165, 1.54) is 12.8 Å². The Kier molecular flexibility index (Phi) is 3.13. The van der Waals surface area contributed by atoms with Gasteiger partial charge < -0.3 is 5.32 Å². The maximum Gasteiger partial charge on any atom is 0.113 e. The highest BCUT2D eigenvalue weighted by Gasteiger charge is 2.21. The Morgan fingerprint density at radius 2 is 2.05 bits per heavy atom. The van der Waals surface area contributed by atoms with E-state index in [4.69, 9.17) is 11.6 Å². The molecule has 4 nitrogen and oxygen atoms in total. The zero-order chi connectivity index (χ0) is 14.2. The molecule has 0 aliphatic heterocycles. The van der Waals surface area contributed by atoms with Gasteiger partial charge in [0.25, 0.3) is 0 Å². The lowest BCUT2D eigenvalue weighted by Gasteiger charge is -2.11. The first kappa shape index (κ1) is 12.8. The topological polar surface area (TPSA) is 42.7 Å². The highest BCUT2D eigenvalue weighted by atomic mass is 35.5. The Morgan fingerprint density at radius 3 is 2.90 bits per heavy atom. The van der Waals surface area contributed by atoms with Gasteiger partial charge in [0.05, 0.1) is 11.2 Å². The minimum atomic E-state index is 0.657. The summed E-state index contributed by atoms with van der Waals surface area (Å²) >= 11 is 6.15. The molecule has 1 saturated carbocycles. The summed E-state index contributed by atoms with van der Waals surface area (Å²) in [5, 5.41) is 12.8. The van der Waals surface area contributed by atoms with E-state index in [0.717, 1.165) is 33.9 Å². The van der Waals surface area contributed by atoms with Gasteiger partial charge in [-0.25, -0.2) is 4.68 Å². The fraction of sp³-hybridized carbons (Fsp3) is 0.250. The van der Waals surface area contributed by atoms with E-state index in [-0.39, 0.29) is 0 Å². The predicted octanol–water partition coefficient (Wildman–Crippen LogP) is 3.33. The first-order chi connectivity index (χ1) is 10.3. The lowest BCUT2D eigenvalue weighted by atomic mass is 10.1. The van der Waals surface area contributed by atoms with Crippen LogP contribution in [-0.4, -0.2) is 21.0 Å². The van der Waals surface area contributed by atoms with E-state index in [1.807, 2.05) is 47.1 Å². The van der Waals surface area contributed by atoms with Crippen molar-refractivity contribution in [1.82, 2.24) is 20.3 Å². The summed E-state index contributed by atoms with van der Waals surface area (Å²) in [5.41, 5.74) is 4.08. The molecule has 1 aliphatic rings. The van der Waals surface area contributed by atoms with Crippen LogP contribution in [0.2, 0.25) is 5.02 Å². The quantitative estimate of drug-likeness (QED) is 0.803. The summed E-state index contributed by atoms with van der Waals surface area (Å²) in [4.78, 5) is 0. The summed E-state index contributed by atoms with van der Waals surface area (Å²) in [5.74, 6) is 0. The molecule has 1 aromatic heterocycles. The van der Waals surface area contributed by atoms with Crippen molar-refractivity contribution >= 4 is 22.6 Å². The maximum atomic E-state index is 6.15. The van der Waals surface area contributed by atoms with Gasteiger partial charge >= 0.3 is 0 Å². The van der Waals surface area contributed by atoms with Crippen LogP contribution in [0.1, 0.15) is 18.4 Å². The van der Waals surface area contributed by atoms with Crippen LogP contribution >= 0.6 is 11.6 Å². The maximum absolute atomic E-state index is 6.15. The molecule has 0 spiro atoms. The monoisotopic (exact) mass is 298 g/mol. The van der Waals surface area contributed by atoms with Crippen LogP contribution in [0.4, 0.5) is 0 Å². The SMILES string of the molecule is Clc1ccc(-n2nnc3ccccc32)c(CNC2CC2)c1. The van der Waals surface area contributed by atoms with Gasteiger partial charge in [0.1, 0.15) is 5.52 Å². The van der Waals surface area contributed by atoms with Crippen molar-refractivity contribution in [3.05, 3.63) is 53.1 Å². The molecule has 1 N–H and O–H groups in total. The number of hydrogen-bond acceptors (Lipinski definition) is 3. The van der Waals surface area contributed by atoms with Gasteiger partial charge in [-0.3, -0.25) is 0 Å². The smallest absolute Gasteiger partial charge is 0.113 e. The Morgan fingerprint density at radius 1 is 1.19 bits per heavy atom. The summed E-state index contributed by atoms with van der Waals surface area (Å²) in [7, 11) is 0. The second kappa shape index (κ2) is 5.13. The van der Waals surface area contributed by atoms with Crippen LogP contribution < -0.4 is 5.32 Å². The second-order valence-electron chi connectivity index (χ2n) is 5.42. The largest absolute Gasteiger partial charge is 0.310 e. The number of fused-ring (bicyclic) bond motifs is 1. The number of rotatable bonds is 4. The zero-order valence-electron chi connectivity index (χ0n) is 11.5. The van der Waals surface area contributed by atoms with Crippen molar-refractivity contribution in [2.45, 2.75) is 25.4 Å². The lowest BCUT2D eigenvalue weighted by Crippen LogP contribution is -2.17. The predicted molar refractivity (Wildman–Crippen MR) is 83.7 cm³/mol. The van der Waals surface area contributed by atoms with Gasteiger partial charge in [0.2, 0.25) is 0 Å². The number of halogens is 1. The van der Waals surface area contributed by atoms with Crippen LogP contribution in [0.15, 0.2) is 42.5 Å². The molecule has 0 atom stereocenters. The van der Waals surface area contributed by atoms with Gasteiger partial charge in [0, 0.05) is 17.6 Å². The minimum absolute atomic E-state index is 0.657. The van der Waals surface area contributed by atoms with E-state index in [2.05, 4.69) is 15.6 Å². The third-order valence-corrected chi connectivity index (χ3v) is 4.02. The third kappa shape index (κ3) is 2.52. The average molecular weight is 299 g/mol. The number of nitrogens with one attached hydrogen (secondary N) is 1. The molecule has 0 amide bonds. The van der Waals surface area contributed by atoms with E-state index < -0.39 is 0 Å². The third-order valence-electron chi connectivity index (χ3n) is 3.78. The minimum Gasteiger partial charge on any atom is -0.310 e. The number of nitrogens with zero attached hydrogens (tertiary/aromatic N) is 3. The van der Waals surface area contributed by atoms with E-state index >= 15 is 0 Å².